The molecule has 1 unspecified atom stereocenters. The predicted octanol–water partition coefficient (Wildman–Crippen LogP) is 2.70. The molecule has 2 heterocycles. The molecule has 0 aromatic heterocycles. The van der Waals surface area contributed by atoms with E-state index < -0.39 is 10.2 Å². The lowest BCUT2D eigenvalue weighted by Gasteiger charge is -2.42. The highest BCUT2D eigenvalue weighted by atomic mass is 35.5. The number of rotatable bonds is 3. The SMILES string of the molecule is CN1CCN(S(=O)(=O)N2CCc3ccccc3C2)C(c2ccccc2)C1.Cl. The fourth-order valence-corrected chi connectivity index (χ4v) is 5.68. The third kappa shape index (κ3) is 4.05. The molecule has 2 aromatic carbocycles. The van der Waals surface area contributed by atoms with Gasteiger partial charge in [-0.25, -0.2) is 0 Å². The summed E-state index contributed by atoms with van der Waals surface area (Å²) in [7, 11) is -1.46. The van der Waals surface area contributed by atoms with Crippen LogP contribution in [0.2, 0.25) is 0 Å². The minimum absolute atomic E-state index is 0. The predicted molar refractivity (Wildman–Crippen MR) is 110 cm³/mol. The third-order valence-corrected chi connectivity index (χ3v) is 7.43. The third-order valence-electron chi connectivity index (χ3n) is 5.44. The van der Waals surface area contributed by atoms with Crippen molar-refractivity contribution in [3.8, 4) is 0 Å². The van der Waals surface area contributed by atoms with Crippen molar-refractivity contribution in [2.75, 3.05) is 33.2 Å². The number of halogens is 1. The topological polar surface area (TPSA) is 43.9 Å². The number of piperazine rings is 1. The lowest BCUT2D eigenvalue weighted by atomic mass is 10.0. The summed E-state index contributed by atoms with van der Waals surface area (Å²) in [5.74, 6) is 0. The average Bonchev–Trinajstić information content (AvgIpc) is 2.68. The summed E-state index contributed by atoms with van der Waals surface area (Å²) in [6.07, 6.45) is 0.777. The van der Waals surface area contributed by atoms with Crippen LogP contribution in [0.25, 0.3) is 0 Å². The van der Waals surface area contributed by atoms with Crippen LogP contribution >= 0.6 is 12.4 Å². The van der Waals surface area contributed by atoms with Crippen LogP contribution in [0.1, 0.15) is 22.7 Å². The minimum atomic E-state index is -3.51. The Bertz CT molecular complexity index is 876. The van der Waals surface area contributed by atoms with Gasteiger partial charge in [0.2, 0.25) is 0 Å². The van der Waals surface area contributed by atoms with Gasteiger partial charge in [-0.2, -0.15) is 17.0 Å². The Morgan fingerprint density at radius 2 is 1.56 bits per heavy atom. The lowest BCUT2D eigenvalue weighted by Crippen LogP contribution is -2.54. The van der Waals surface area contributed by atoms with Gasteiger partial charge in [-0.15, -0.1) is 12.4 Å². The molecule has 1 saturated heterocycles. The number of hydrogen-bond donors (Lipinski definition) is 0. The molecule has 27 heavy (non-hydrogen) atoms. The van der Waals surface area contributed by atoms with Crippen molar-refractivity contribution in [1.82, 2.24) is 13.5 Å². The number of nitrogens with zero attached hydrogens (tertiary/aromatic N) is 3. The quantitative estimate of drug-likeness (QED) is 0.785. The van der Waals surface area contributed by atoms with Crippen LogP contribution in [0.5, 0.6) is 0 Å². The molecule has 146 valence electrons. The fraction of sp³-hybridized carbons (Fsp3) is 0.400. The van der Waals surface area contributed by atoms with Crippen molar-refractivity contribution in [2.45, 2.75) is 19.0 Å². The largest absolute Gasteiger partial charge is 0.303 e. The Morgan fingerprint density at radius 1 is 0.889 bits per heavy atom. The Balaban J connectivity index is 0.00000210. The normalized spacial score (nSPS) is 22.0. The van der Waals surface area contributed by atoms with Gasteiger partial charge < -0.3 is 4.90 Å². The summed E-state index contributed by atoms with van der Waals surface area (Å²) in [5, 5.41) is 0. The van der Waals surface area contributed by atoms with Crippen LogP contribution < -0.4 is 0 Å². The molecular weight excluding hydrogens is 382 g/mol. The van der Waals surface area contributed by atoms with E-state index in [2.05, 4.69) is 18.0 Å². The van der Waals surface area contributed by atoms with E-state index in [0.717, 1.165) is 24.1 Å². The zero-order chi connectivity index (χ0) is 18.1. The molecule has 0 aliphatic carbocycles. The van der Waals surface area contributed by atoms with Crippen LogP contribution in [-0.2, 0) is 23.2 Å². The first-order chi connectivity index (χ1) is 12.6. The highest BCUT2D eigenvalue weighted by molar-refractivity contribution is 7.86. The van der Waals surface area contributed by atoms with Gasteiger partial charge in [0.1, 0.15) is 0 Å². The summed E-state index contributed by atoms with van der Waals surface area (Å²) in [4.78, 5) is 2.20. The van der Waals surface area contributed by atoms with E-state index in [1.54, 1.807) is 8.61 Å². The highest BCUT2D eigenvalue weighted by Crippen LogP contribution is 2.31. The van der Waals surface area contributed by atoms with Gasteiger partial charge in [-0.3, -0.25) is 0 Å². The smallest absolute Gasteiger partial charge is 0.282 e. The molecular formula is C20H26ClN3O2S. The van der Waals surface area contributed by atoms with E-state index in [1.807, 2.05) is 48.5 Å². The summed E-state index contributed by atoms with van der Waals surface area (Å²) in [5.41, 5.74) is 3.43. The van der Waals surface area contributed by atoms with Crippen LogP contribution in [-0.4, -0.2) is 55.2 Å². The standard InChI is InChI=1S/C20H25N3O2S.ClH/c1-21-13-14-23(20(16-21)18-8-3-2-4-9-18)26(24,25)22-12-11-17-7-5-6-10-19(17)15-22;/h2-10,20H,11-16H2,1H3;1H. The van der Waals surface area contributed by atoms with E-state index >= 15 is 0 Å². The van der Waals surface area contributed by atoms with Gasteiger partial charge >= 0.3 is 0 Å². The summed E-state index contributed by atoms with van der Waals surface area (Å²) >= 11 is 0. The Morgan fingerprint density at radius 3 is 2.30 bits per heavy atom. The zero-order valence-corrected chi connectivity index (χ0v) is 17.1. The van der Waals surface area contributed by atoms with Crippen molar-refractivity contribution in [1.29, 1.82) is 0 Å². The second kappa shape index (κ2) is 8.29. The number of fused-ring (bicyclic) bond motifs is 1. The number of benzene rings is 2. The molecule has 0 amide bonds. The Labute approximate surface area is 168 Å². The van der Waals surface area contributed by atoms with Crippen LogP contribution in [0.4, 0.5) is 0 Å². The first-order valence-corrected chi connectivity index (χ1v) is 10.5. The molecule has 1 fully saturated rings. The van der Waals surface area contributed by atoms with Gasteiger partial charge in [-0.1, -0.05) is 54.6 Å². The van der Waals surface area contributed by atoms with Crippen molar-refractivity contribution < 1.29 is 8.42 Å². The van der Waals surface area contributed by atoms with Gasteiger partial charge in [0.05, 0.1) is 6.04 Å². The van der Waals surface area contributed by atoms with E-state index in [1.165, 1.54) is 5.56 Å². The molecule has 2 aliphatic rings. The molecule has 5 nitrogen and oxygen atoms in total. The highest BCUT2D eigenvalue weighted by Gasteiger charge is 2.39. The molecule has 0 bridgehead atoms. The number of hydrogen-bond acceptors (Lipinski definition) is 3. The van der Waals surface area contributed by atoms with Gasteiger partial charge in [0, 0.05) is 32.7 Å². The van der Waals surface area contributed by atoms with Crippen LogP contribution in [0, 0.1) is 0 Å². The fourth-order valence-electron chi connectivity index (χ4n) is 3.94. The number of likely N-dealkylation sites (N-methyl/N-ethyl adjacent to an activating group) is 1. The summed E-state index contributed by atoms with van der Waals surface area (Å²) in [6, 6.07) is 18.0. The second-order valence-electron chi connectivity index (χ2n) is 7.16. The molecule has 2 aliphatic heterocycles. The van der Waals surface area contributed by atoms with Crippen molar-refractivity contribution in [2.24, 2.45) is 0 Å². The van der Waals surface area contributed by atoms with Gasteiger partial charge in [0.15, 0.2) is 0 Å². The van der Waals surface area contributed by atoms with E-state index in [-0.39, 0.29) is 18.4 Å². The second-order valence-corrected chi connectivity index (χ2v) is 9.04. The lowest BCUT2D eigenvalue weighted by molar-refractivity contribution is 0.151. The van der Waals surface area contributed by atoms with Crippen molar-refractivity contribution in [3.05, 3.63) is 71.3 Å². The Hall–Kier alpha value is -1.44. The van der Waals surface area contributed by atoms with E-state index in [0.29, 0.717) is 26.2 Å². The van der Waals surface area contributed by atoms with Gasteiger partial charge in [0.25, 0.3) is 10.2 Å². The zero-order valence-electron chi connectivity index (χ0n) is 15.5. The van der Waals surface area contributed by atoms with E-state index in [4.69, 9.17) is 0 Å². The maximum Gasteiger partial charge on any atom is 0.282 e. The maximum absolute atomic E-state index is 13.5. The molecule has 0 N–H and O–H groups in total. The van der Waals surface area contributed by atoms with Crippen LogP contribution in [0.15, 0.2) is 54.6 Å². The minimum Gasteiger partial charge on any atom is -0.303 e. The molecule has 7 heteroatoms. The molecule has 4 rings (SSSR count). The van der Waals surface area contributed by atoms with Crippen LogP contribution in [0.3, 0.4) is 0 Å². The molecule has 0 radical (unpaired) electrons. The molecule has 0 saturated carbocycles. The summed E-state index contributed by atoms with van der Waals surface area (Å²) in [6.45, 7) is 3.01. The first kappa shape index (κ1) is 20.3. The van der Waals surface area contributed by atoms with Crippen molar-refractivity contribution >= 4 is 22.6 Å². The average molecular weight is 408 g/mol. The molecule has 0 spiro atoms. The monoisotopic (exact) mass is 407 g/mol. The summed E-state index contributed by atoms with van der Waals surface area (Å²) < 4.78 is 30.3. The first-order valence-electron chi connectivity index (χ1n) is 9.13. The maximum atomic E-state index is 13.5. The van der Waals surface area contributed by atoms with E-state index in [9.17, 15) is 8.42 Å². The van der Waals surface area contributed by atoms with Gasteiger partial charge in [-0.05, 0) is 30.2 Å². The van der Waals surface area contributed by atoms with Crippen molar-refractivity contribution in [3.63, 3.8) is 0 Å². The molecule has 1 atom stereocenters. The molecule has 2 aromatic rings. The Kier molecular flexibility index (Phi) is 6.23.